The third-order valence-corrected chi connectivity index (χ3v) is 10.0. The van der Waals surface area contributed by atoms with Gasteiger partial charge in [-0.25, -0.2) is 0 Å². The van der Waals surface area contributed by atoms with E-state index in [0.29, 0.717) is 18.4 Å². The van der Waals surface area contributed by atoms with Gasteiger partial charge in [0.15, 0.2) is 0 Å². The van der Waals surface area contributed by atoms with Crippen molar-refractivity contribution in [1.29, 1.82) is 0 Å². The Hall–Kier alpha value is -6.23. The Morgan fingerprint density at radius 2 is 1.39 bits per heavy atom. The van der Waals surface area contributed by atoms with Crippen LogP contribution in [0.2, 0.25) is 0 Å². The number of hydrogen-bond donors (Lipinski definition) is 9. The quantitative estimate of drug-likeness (QED) is 0.0673. The molecule has 17 nitrogen and oxygen atoms in total. The van der Waals surface area contributed by atoms with Crippen molar-refractivity contribution in [2.24, 2.45) is 17.4 Å². The molecule has 1 saturated heterocycles. The van der Waals surface area contributed by atoms with Gasteiger partial charge in [0.2, 0.25) is 35.4 Å². The number of hydrogen-bond acceptors (Lipinski definition) is 8. The Balaban J connectivity index is 1.28. The van der Waals surface area contributed by atoms with Gasteiger partial charge in [0.1, 0.15) is 24.2 Å². The fourth-order valence-electron chi connectivity index (χ4n) is 6.96. The van der Waals surface area contributed by atoms with Crippen molar-refractivity contribution in [3.8, 4) is 0 Å². The van der Waals surface area contributed by atoms with Crippen LogP contribution in [0.15, 0.2) is 60.9 Å². The summed E-state index contributed by atoms with van der Waals surface area (Å²) < 4.78 is 0. The molecule has 298 valence electrons. The molecule has 4 aromatic rings. The molecule has 5 atom stereocenters. The Morgan fingerprint density at radius 3 is 1.95 bits per heavy atom. The first-order valence-electron chi connectivity index (χ1n) is 18.6. The molecule has 1 aliphatic heterocycles. The van der Waals surface area contributed by atoms with Crippen LogP contribution in [0.3, 0.4) is 0 Å². The standard InChI is InChI=1S/C39H49N9O8/c1-21(2)34(35(41)52)47-38(55)30(17-23-19-43-28-11-6-4-9-25(23)28)46-39(56)31-12-7-15-48(31)32(49)20-44-37(54)29(45-36(53)26(40)13-14-33(50)51)16-22-18-42-27-10-5-3-8-24(22)27/h3-6,8-11,18-19,21,26,29-31,34,42-43H,7,12-17,20,40H2,1-2H3,(H2,41,52)(H,44,54)(H,45,53)(H,46,56)(H,47,55)(H,50,51)/t26-,29-,30-,31-,34-/m0/s1. The predicted octanol–water partition coefficient (Wildman–Crippen LogP) is 0.329. The smallest absolute Gasteiger partial charge is 0.303 e. The van der Waals surface area contributed by atoms with Gasteiger partial charge in [0.25, 0.3) is 0 Å². The molecule has 0 bridgehead atoms. The summed E-state index contributed by atoms with van der Waals surface area (Å²) in [5.41, 5.74) is 14.6. The number of H-pyrrole nitrogens is 2. The van der Waals surface area contributed by atoms with Gasteiger partial charge >= 0.3 is 5.97 Å². The van der Waals surface area contributed by atoms with E-state index < -0.39 is 78.2 Å². The molecular weight excluding hydrogens is 722 g/mol. The molecule has 3 heterocycles. The summed E-state index contributed by atoms with van der Waals surface area (Å²) in [6.07, 6.45) is 3.87. The Labute approximate surface area is 322 Å². The molecule has 0 aliphatic carbocycles. The molecule has 0 unspecified atom stereocenters. The average molecular weight is 772 g/mol. The van der Waals surface area contributed by atoms with E-state index in [2.05, 4.69) is 31.2 Å². The number of benzene rings is 2. The number of nitrogens with one attached hydrogen (secondary N) is 6. The molecule has 17 heteroatoms. The third kappa shape index (κ3) is 10.1. The largest absolute Gasteiger partial charge is 0.481 e. The molecule has 0 spiro atoms. The number of nitrogens with zero attached hydrogens (tertiary/aromatic N) is 1. The molecule has 5 rings (SSSR count). The van der Waals surface area contributed by atoms with Crippen molar-refractivity contribution in [3.05, 3.63) is 72.1 Å². The van der Waals surface area contributed by atoms with Crippen LogP contribution >= 0.6 is 0 Å². The minimum absolute atomic E-state index is 0.0312. The highest BCUT2D eigenvalue weighted by Gasteiger charge is 2.37. The maximum atomic E-state index is 13.9. The van der Waals surface area contributed by atoms with Crippen molar-refractivity contribution in [2.75, 3.05) is 13.1 Å². The number of rotatable bonds is 18. The second-order valence-corrected chi connectivity index (χ2v) is 14.4. The maximum Gasteiger partial charge on any atom is 0.303 e. The highest BCUT2D eigenvalue weighted by molar-refractivity contribution is 5.97. The molecule has 11 N–H and O–H groups in total. The molecule has 0 saturated carbocycles. The van der Waals surface area contributed by atoms with E-state index in [1.54, 1.807) is 26.2 Å². The normalized spacial score (nSPS) is 16.2. The van der Waals surface area contributed by atoms with E-state index in [1.807, 2.05) is 48.5 Å². The number of aromatic amines is 2. The van der Waals surface area contributed by atoms with Crippen molar-refractivity contribution < 1.29 is 38.7 Å². The lowest BCUT2D eigenvalue weighted by Gasteiger charge is -2.28. The number of para-hydroxylation sites is 2. The molecule has 1 fully saturated rings. The SMILES string of the molecule is CC(C)[C@H](NC(=O)[C@H](Cc1c[nH]c2ccccc12)NC(=O)[C@@H]1CCCN1C(=O)CNC(=O)[C@H](Cc1c[nH]c2ccccc12)NC(=O)[C@@H](N)CCC(=O)O)C(N)=O. The van der Waals surface area contributed by atoms with Gasteiger partial charge < -0.3 is 52.7 Å². The van der Waals surface area contributed by atoms with E-state index in [9.17, 15) is 33.6 Å². The van der Waals surface area contributed by atoms with Gasteiger partial charge in [-0.15, -0.1) is 0 Å². The van der Waals surface area contributed by atoms with E-state index in [4.69, 9.17) is 16.6 Å². The number of fused-ring (bicyclic) bond motifs is 2. The first kappa shape index (κ1) is 40.9. The van der Waals surface area contributed by atoms with Crippen molar-refractivity contribution in [2.45, 2.75) is 82.6 Å². The van der Waals surface area contributed by atoms with Crippen LogP contribution in [0.5, 0.6) is 0 Å². The predicted molar refractivity (Wildman–Crippen MR) is 206 cm³/mol. The number of aliphatic carboxylic acids is 1. The van der Waals surface area contributed by atoms with Gasteiger partial charge in [-0.1, -0.05) is 50.2 Å². The molecular formula is C39H49N9O8. The summed E-state index contributed by atoms with van der Waals surface area (Å²) in [6.45, 7) is 3.19. The van der Waals surface area contributed by atoms with Crippen molar-refractivity contribution in [1.82, 2.24) is 36.1 Å². The fraction of sp³-hybridized carbons (Fsp3) is 0.410. The zero-order valence-corrected chi connectivity index (χ0v) is 31.3. The zero-order valence-electron chi connectivity index (χ0n) is 31.3. The Kier molecular flexibility index (Phi) is 13.5. The van der Waals surface area contributed by atoms with Crippen LogP contribution in [0.25, 0.3) is 21.8 Å². The van der Waals surface area contributed by atoms with Gasteiger partial charge in [0.05, 0.1) is 12.6 Å². The van der Waals surface area contributed by atoms with E-state index >= 15 is 0 Å². The highest BCUT2D eigenvalue weighted by Crippen LogP contribution is 2.22. The first-order chi connectivity index (χ1) is 26.7. The lowest BCUT2D eigenvalue weighted by atomic mass is 10.0. The van der Waals surface area contributed by atoms with Crippen LogP contribution in [0, 0.1) is 5.92 Å². The minimum atomic E-state index is -1.19. The van der Waals surface area contributed by atoms with E-state index in [1.165, 1.54) is 4.90 Å². The van der Waals surface area contributed by atoms with E-state index in [0.717, 1.165) is 27.4 Å². The number of amides is 6. The molecule has 1 aliphatic rings. The summed E-state index contributed by atoms with van der Waals surface area (Å²) in [7, 11) is 0. The van der Waals surface area contributed by atoms with Gasteiger partial charge in [0, 0.05) is 60.0 Å². The highest BCUT2D eigenvalue weighted by atomic mass is 16.4. The third-order valence-electron chi connectivity index (χ3n) is 10.0. The first-order valence-corrected chi connectivity index (χ1v) is 18.6. The van der Waals surface area contributed by atoms with Crippen LogP contribution in [-0.2, 0) is 46.4 Å². The number of carboxylic acid groups (broad SMARTS) is 1. The number of primary amides is 1. The number of likely N-dealkylation sites (tertiary alicyclic amines) is 1. The second kappa shape index (κ2) is 18.4. The van der Waals surface area contributed by atoms with Gasteiger partial charge in [-0.3, -0.25) is 33.6 Å². The maximum absolute atomic E-state index is 13.9. The lowest BCUT2D eigenvalue weighted by molar-refractivity contribution is -0.140. The average Bonchev–Trinajstić information content (AvgIpc) is 3.93. The summed E-state index contributed by atoms with van der Waals surface area (Å²) >= 11 is 0. The summed E-state index contributed by atoms with van der Waals surface area (Å²) in [4.78, 5) is 98.5. The monoisotopic (exact) mass is 771 g/mol. The van der Waals surface area contributed by atoms with Crippen LogP contribution in [0.1, 0.15) is 50.7 Å². The zero-order chi connectivity index (χ0) is 40.5. The van der Waals surface area contributed by atoms with Crippen LogP contribution < -0.4 is 32.7 Å². The van der Waals surface area contributed by atoms with Gasteiger partial charge in [-0.05, 0) is 48.4 Å². The minimum Gasteiger partial charge on any atom is -0.481 e. The number of carbonyl (C=O) groups is 7. The van der Waals surface area contributed by atoms with Crippen LogP contribution in [0.4, 0.5) is 0 Å². The molecule has 0 radical (unpaired) electrons. The number of carboxylic acids is 1. The fourth-order valence-corrected chi connectivity index (χ4v) is 6.96. The van der Waals surface area contributed by atoms with Gasteiger partial charge in [-0.2, -0.15) is 0 Å². The summed E-state index contributed by atoms with van der Waals surface area (Å²) in [6, 6.07) is 9.43. The molecule has 2 aromatic carbocycles. The topological polar surface area (TPSA) is 275 Å². The van der Waals surface area contributed by atoms with Crippen LogP contribution in [-0.4, -0.2) is 105 Å². The summed E-state index contributed by atoms with van der Waals surface area (Å²) in [5.74, 6) is -5.32. The molecule has 56 heavy (non-hydrogen) atoms. The number of aromatic nitrogens is 2. The van der Waals surface area contributed by atoms with Crippen molar-refractivity contribution in [3.63, 3.8) is 0 Å². The van der Waals surface area contributed by atoms with E-state index in [-0.39, 0.29) is 38.1 Å². The number of nitrogens with two attached hydrogens (primary N) is 2. The summed E-state index contributed by atoms with van der Waals surface area (Å²) in [5, 5.41) is 21.4. The Morgan fingerprint density at radius 1 is 0.821 bits per heavy atom. The lowest BCUT2D eigenvalue weighted by Crippen LogP contribution is -2.58. The van der Waals surface area contributed by atoms with Crippen molar-refractivity contribution >= 4 is 63.2 Å². The molecule has 2 aromatic heterocycles. The Bertz CT molecular complexity index is 2090. The number of carbonyl (C=O) groups excluding carboxylic acids is 6. The molecule has 6 amide bonds. The second-order valence-electron chi connectivity index (χ2n) is 14.4.